The Kier molecular flexibility index (Phi) is 5.12. The van der Waals surface area contributed by atoms with E-state index in [9.17, 15) is 4.39 Å². The smallest absolute Gasteiger partial charge is 0.141 e. The SMILES string of the molecule is CCc1ccc(C(Cc2ccc(F)c(Cl)c2)NN)cc1. The Hall–Kier alpha value is -1.42. The summed E-state index contributed by atoms with van der Waals surface area (Å²) in [7, 11) is 0. The molecule has 2 aromatic rings. The highest BCUT2D eigenvalue weighted by Gasteiger charge is 2.11. The number of halogens is 2. The molecule has 0 aliphatic rings. The second kappa shape index (κ2) is 6.84. The van der Waals surface area contributed by atoms with Crippen molar-refractivity contribution in [3.05, 3.63) is 70.0 Å². The van der Waals surface area contributed by atoms with E-state index in [0.717, 1.165) is 17.5 Å². The molecule has 0 bridgehead atoms. The molecular weight excluding hydrogens is 275 g/mol. The summed E-state index contributed by atoms with van der Waals surface area (Å²) in [5.41, 5.74) is 6.13. The lowest BCUT2D eigenvalue weighted by Crippen LogP contribution is -2.29. The molecule has 106 valence electrons. The van der Waals surface area contributed by atoms with Gasteiger partial charge in [-0.2, -0.15) is 0 Å². The molecule has 0 aliphatic heterocycles. The van der Waals surface area contributed by atoms with Crippen LogP contribution in [0.2, 0.25) is 5.02 Å². The zero-order valence-electron chi connectivity index (χ0n) is 11.4. The zero-order valence-corrected chi connectivity index (χ0v) is 12.1. The van der Waals surface area contributed by atoms with E-state index in [1.54, 1.807) is 12.1 Å². The molecule has 20 heavy (non-hydrogen) atoms. The van der Waals surface area contributed by atoms with Gasteiger partial charge in [0.1, 0.15) is 5.82 Å². The number of aryl methyl sites for hydroxylation is 1. The van der Waals surface area contributed by atoms with Gasteiger partial charge in [0.25, 0.3) is 0 Å². The molecule has 0 saturated heterocycles. The maximum atomic E-state index is 13.2. The Labute approximate surface area is 123 Å². The molecule has 0 amide bonds. The van der Waals surface area contributed by atoms with Crippen LogP contribution < -0.4 is 11.3 Å². The van der Waals surface area contributed by atoms with Crippen molar-refractivity contribution in [1.29, 1.82) is 0 Å². The van der Waals surface area contributed by atoms with E-state index in [0.29, 0.717) is 6.42 Å². The average molecular weight is 293 g/mol. The van der Waals surface area contributed by atoms with Crippen molar-refractivity contribution in [2.24, 2.45) is 5.84 Å². The van der Waals surface area contributed by atoms with Crippen LogP contribution >= 0.6 is 11.6 Å². The Morgan fingerprint density at radius 3 is 2.35 bits per heavy atom. The molecule has 0 aromatic heterocycles. The van der Waals surface area contributed by atoms with Gasteiger partial charge in [-0.1, -0.05) is 48.9 Å². The first-order valence-electron chi connectivity index (χ1n) is 6.63. The molecule has 1 unspecified atom stereocenters. The fraction of sp³-hybridized carbons (Fsp3) is 0.250. The van der Waals surface area contributed by atoms with Crippen molar-refractivity contribution in [2.75, 3.05) is 0 Å². The quantitative estimate of drug-likeness (QED) is 0.650. The maximum absolute atomic E-state index is 13.2. The predicted octanol–water partition coefficient (Wildman–Crippen LogP) is 3.79. The van der Waals surface area contributed by atoms with E-state index in [1.165, 1.54) is 11.6 Å². The van der Waals surface area contributed by atoms with Gasteiger partial charge in [0, 0.05) is 6.04 Å². The molecule has 0 spiro atoms. The van der Waals surface area contributed by atoms with Gasteiger partial charge in [0.2, 0.25) is 0 Å². The zero-order chi connectivity index (χ0) is 14.5. The third-order valence-electron chi connectivity index (χ3n) is 3.42. The first-order chi connectivity index (χ1) is 9.63. The number of hydrogen-bond acceptors (Lipinski definition) is 2. The van der Waals surface area contributed by atoms with Gasteiger partial charge in [-0.25, -0.2) is 4.39 Å². The van der Waals surface area contributed by atoms with E-state index < -0.39 is 5.82 Å². The van der Waals surface area contributed by atoms with E-state index in [-0.39, 0.29) is 11.1 Å². The van der Waals surface area contributed by atoms with Gasteiger partial charge in [0.05, 0.1) is 5.02 Å². The maximum Gasteiger partial charge on any atom is 0.141 e. The van der Waals surface area contributed by atoms with Crippen LogP contribution in [0.4, 0.5) is 4.39 Å². The van der Waals surface area contributed by atoms with Crippen molar-refractivity contribution < 1.29 is 4.39 Å². The summed E-state index contributed by atoms with van der Waals surface area (Å²) in [6.45, 7) is 2.12. The highest BCUT2D eigenvalue weighted by molar-refractivity contribution is 6.30. The number of benzene rings is 2. The van der Waals surface area contributed by atoms with Gasteiger partial charge in [-0.05, 0) is 41.7 Å². The Morgan fingerprint density at radius 1 is 1.15 bits per heavy atom. The standard InChI is InChI=1S/C16H18ClFN2/c1-2-11-3-6-13(7-4-11)16(20-19)10-12-5-8-15(18)14(17)9-12/h3-9,16,20H,2,10,19H2,1H3. The normalized spacial score (nSPS) is 12.4. The number of nitrogens with two attached hydrogens (primary N) is 1. The van der Waals surface area contributed by atoms with Crippen LogP contribution in [-0.2, 0) is 12.8 Å². The van der Waals surface area contributed by atoms with Crippen LogP contribution in [0.15, 0.2) is 42.5 Å². The van der Waals surface area contributed by atoms with Crippen LogP contribution in [0.25, 0.3) is 0 Å². The third kappa shape index (κ3) is 3.57. The summed E-state index contributed by atoms with van der Waals surface area (Å²) in [5.74, 6) is 5.23. The van der Waals surface area contributed by atoms with Crippen LogP contribution in [0.5, 0.6) is 0 Å². The molecule has 4 heteroatoms. The summed E-state index contributed by atoms with van der Waals surface area (Å²) in [6.07, 6.45) is 1.66. The first kappa shape index (κ1) is 15.0. The second-order valence-corrected chi connectivity index (χ2v) is 5.17. The second-order valence-electron chi connectivity index (χ2n) is 4.77. The summed E-state index contributed by atoms with van der Waals surface area (Å²) in [5, 5.41) is 0.139. The van der Waals surface area contributed by atoms with Gasteiger partial charge in [-0.3, -0.25) is 11.3 Å². The Balaban J connectivity index is 2.16. The number of hydrogen-bond donors (Lipinski definition) is 2. The lowest BCUT2D eigenvalue weighted by atomic mass is 9.98. The van der Waals surface area contributed by atoms with E-state index >= 15 is 0 Å². The van der Waals surface area contributed by atoms with Crippen LogP contribution in [0.3, 0.4) is 0 Å². The van der Waals surface area contributed by atoms with Crippen LogP contribution in [0, 0.1) is 5.82 Å². The molecule has 2 nitrogen and oxygen atoms in total. The number of nitrogens with one attached hydrogen (secondary N) is 1. The summed E-state index contributed by atoms with van der Waals surface area (Å²) < 4.78 is 13.2. The van der Waals surface area contributed by atoms with Crippen molar-refractivity contribution in [2.45, 2.75) is 25.8 Å². The van der Waals surface area contributed by atoms with Crippen LogP contribution in [0.1, 0.15) is 29.7 Å². The van der Waals surface area contributed by atoms with Crippen molar-refractivity contribution in [3.63, 3.8) is 0 Å². The predicted molar refractivity (Wildman–Crippen MR) is 81.0 cm³/mol. The lowest BCUT2D eigenvalue weighted by Gasteiger charge is -2.17. The van der Waals surface area contributed by atoms with Crippen molar-refractivity contribution in [3.8, 4) is 0 Å². The highest BCUT2D eigenvalue weighted by atomic mass is 35.5. The van der Waals surface area contributed by atoms with Gasteiger partial charge in [0.15, 0.2) is 0 Å². The molecule has 0 saturated carbocycles. The summed E-state index contributed by atoms with van der Waals surface area (Å²) >= 11 is 5.80. The fourth-order valence-corrected chi connectivity index (χ4v) is 2.36. The van der Waals surface area contributed by atoms with Crippen LogP contribution in [-0.4, -0.2) is 0 Å². The van der Waals surface area contributed by atoms with Gasteiger partial charge >= 0.3 is 0 Å². The Bertz CT molecular complexity index is 569. The van der Waals surface area contributed by atoms with Crippen molar-refractivity contribution in [1.82, 2.24) is 5.43 Å². The van der Waals surface area contributed by atoms with E-state index in [2.05, 4.69) is 36.6 Å². The van der Waals surface area contributed by atoms with E-state index in [1.807, 2.05) is 0 Å². The minimum atomic E-state index is -0.403. The molecule has 3 N–H and O–H groups in total. The minimum Gasteiger partial charge on any atom is -0.271 e. The number of rotatable bonds is 5. The summed E-state index contributed by atoms with van der Waals surface area (Å²) in [4.78, 5) is 0. The molecule has 0 radical (unpaired) electrons. The fourth-order valence-electron chi connectivity index (χ4n) is 2.16. The molecule has 2 rings (SSSR count). The molecule has 0 heterocycles. The highest BCUT2D eigenvalue weighted by Crippen LogP contribution is 2.22. The van der Waals surface area contributed by atoms with Gasteiger partial charge < -0.3 is 0 Å². The summed E-state index contributed by atoms with van der Waals surface area (Å²) in [6, 6.07) is 13.0. The molecule has 0 aliphatic carbocycles. The average Bonchev–Trinajstić information content (AvgIpc) is 2.48. The Morgan fingerprint density at radius 2 is 1.80 bits per heavy atom. The van der Waals surface area contributed by atoms with Gasteiger partial charge in [-0.15, -0.1) is 0 Å². The topological polar surface area (TPSA) is 38.0 Å². The number of hydrazine groups is 1. The molecular formula is C16H18ClFN2. The first-order valence-corrected chi connectivity index (χ1v) is 7.00. The van der Waals surface area contributed by atoms with Crippen molar-refractivity contribution >= 4 is 11.6 Å². The third-order valence-corrected chi connectivity index (χ3v) is 3.71. The largest absolute Gasteiger partial charge is 0.271 e. The monoisotopic (exact) mass is 292 g/mol. The molecule has 0 fully saturated rings. The molecule has 2 aromatic carbocycles. The molecule has 1 atom stereocenters. The lowest BCUT2D eigenvalue weighted by molar-refractivity contribution is 0.550. The minimum absolute atomic E-state index is 0.0255. The van der Waals surface area contributed by atoms with E-state index in [4.69, 9.17) is 17.4 Å².